The summed E-state index contributed by atoms with van der Waals surface area (Å²) in [5.41, 5.74) is -0.558. The van der Waals surface area contributed by atoms with E-state index in [4.69, 9.17) is 4.74 Å². The molecule has 0 spiro atoms. The van der Waals surface area contributed by atoms with Gasteiger partial charge in [0.25, 0.3) is 11.8 Å². The lowest BCUT2D eigenvalue weighted by Crippen LogP contribution is -2.50. The van der Waals surface area contributed by atoms with Gasteiger partial charge in [0, 0.05) is 25.0 Å². The van der Waals surface area contributed by atoms with Crippen LogP contribution in [0.5, 0.6) is 0 Å². The number of hydrogen-bond acceptors (Lipinski definition) is 7. The first kappa shape index (κ1) is 30.5. The highest BCUT2D eigenvalue weighted by Crippen LogP contribution is 2.33. The van der Waals surface area contributed by atoms with Gasteiger partial charge in [-0.15, -0.1) is 0 Å². The van der Waals surface area contributed by atoms with Crippen molar-refractivity contribution in [2.24, 2.45) is 0 Å². The molecule has 0 radical (unpaired) electrons. The SMILES string of the molecule is CC(C)(C=C(C#N)C(=O)N1CCCC[C@@H]1COC(=O)N[C@@H](Cc1ccc(F)cc1)B(O)O)N1CCC(F)(F)C1. The van der Waals surface area contributed by atoms with Gasteiger partial charge >= 0.3 is 13.2 Å². The Labute approximate surface area is 226 Å². The summed E-state index contributed by atoms with van der Waals surface area (Å²) in [6.07, 6.45) is 2.18. The molecule has 2 heterocycles. The molecule has 13 heteroatoms. The molecule has 0 bridgehead atoms. The van der Waals surface area contributed by atoms with E-state index in [1.165, 1.54) is 40.1 Å². The van der Waals surface area contributed by atoms with Crippen LogP contribution >= 0.6 is 0 Å². The zero-order valence-corrected chi connectivity index (χ0v) is 22.1. The molecule has 0 aromatic heterocycles. The number of nitrogens with one attached hydrogen (secondary N) is 1. The first-order valence-corrected chi connectivity index (χ1v) is 12.9. The van der Waals surface area contributed by atoms with Crippen LogP contribution in [0, 0.1) is 17.1 Å². The van der Waals surface area contributed by atoms with E-state index in [-0.39, 0.29) is 31.6 Å². The molecule has 2 aliphatic heterocycles. The number of rotatable bonds is 9. The molecule has 212 valence electrons. The smallest absolute Gasteiger partial charge is 0.447 e. The number of halogens is 3. The summed E-state index contributed by atoms with van der Waals surface area (Å²) in [5.74, 6) is -4.96. The van der Waals surface area contributed by atoms with Crippen molar-refractivity contribution < 1.29 is 37.5 Å². The maximum absolute atomic E-state index is 13.8. The van der Waals surface area contributed by atoms with Crippen LogP contribution in [0.3, 0.4) is 0 Å². The van der Waals surface area contributed by atoms with Crippen molar-refractivity contribution in [2.45, 2.75) is 69.4 Å². The van der Waals surface area contributed by atoms with Gasteiger partial charge in [0.15, 0.2) is 0 Å². The number of ether oxygens (including phenoxy) is 1. The largest absolute Gasteiger partial charge is 0.475 e. The maximum atomic E-state index is 13.8. The molecule has 2 amide bonds. The van der Waals surface area contributed by atoms with Crippen molar-refractivity contribution in [3.63, 3.8) is 0 Å². The topological polar surface area (TPSA) is 126 Å². The maximum Gasteiger partial charge on any atom is 0.475 e. The number of benzene rings is 1. The minimum atomic E-state index is -2.82. The normalized spacial score (nSPS) is 20.7. The molecule has 39 heavy (non-hydrogen) atoms. The van der Waals surface area contributed by atoms with Gasteiger partial charge < -0.3 is 25.0 Å². The van der Waals surface area contributed by atoms with E-state index >= 15 is 0 Å². The van der Waals surface area contributed by atoms with Crippen LogP contribution in [0.25, 0.3) is 0 Å². The Morgan fingerprint density at radius 1 is 1.28 bits per heavy atom. The Kier molecular flexibility index (Phi) is 10.0. The Morgan fingerprint density at radius 2 is 1.97 bits per heavy atom. The third kappa shape index (κ3) is 8.45. The second-order valence-corrected chi connectivity index (χ2v) is 10.6. The number of nitriles is 1. The third-order valence-corrected chi connectivity index (χ3v) is 7.16. The van der Waals surface area contributed by atoms with Crippen LogP contribution in [0.1, 0.15) is 45.1 Å². The van der Waals surface area contributed by atoms with Crippen LogP contribution in [0.2, 0.25) is 0 Å². The van der Waals surface area contributed by atoms with Crippen molar-refractivity contribution in [1.82, 2.24) is 15.1 Å². The Balaban J connectivity index is 1.62. The molecular formula is C26H34BF3N4O5. The van der Waals surface area contributed by atoms with Crippen LogP contribution in [-0.2, 0) is 16.0 Å². The van der Waals surface area contributed by atoms with Crippen LogP contribution in [-0.4, -0.2) is 88.7 Å². The fourth-order valence-electron chi connectivity index (χ4n) is 4.88. The number of carbonyl (C=O) groups excluding carboxylic acids is 2. The van der Waals surface area contributed by atoms with E-state index in [9.17, 15) is 38.1 Å². The van der Waals surface area contributed by atoms with Crippen molar-refractivity contribution in [3.05, 3.63) is 47.3 Å². The molecule has 3 rings (SSSR count). The Bertz CT molecular complexity index is 1090. The summed E-state index contributed by atoms with van der Waals surface area (Å²) >= 11 is 0. The lowest BCUT2D eigenvalue weighted by Gasteiger charge is -2.36. The molecule has 2 fully saturated rings. The van der Waals surface area contributed by atoms with Gasteiger partial charge in [-0.2, -0.15) is 5.26 Å². The highest BCUT2D eigenvalue weighted by atomic mass is 19.3. The Hall–Kier alpha value is -3.08. The second kappa shape index (κ2) is 12.9. The van der Waals surface area contributed by atoms with Crippen LogP contribution in [0.15, 0.2) is 35.9 Å². The molecule has 2 atom stereocenters. The summed E-state index contributed by atoms with van der Waals surface area (Å²) in [7, 11) is -1.91. The summed E-state index contributed by atoms with van der Waals surface area (Å²) < 4.78 is 45.9. The quantitative estimate of drug-likeness (QED) is 0.245. The summed E-state index contributed by atoms with van der Waals surface area (Å²) in [6, 6.07) is 6.73. The minimum Gasteiger partial charge on any atom is -0.447 e. The minimum absolute atomic E-state index is 0.0101. The lowest BCUT2D eigenvalue weighted by atomic mass is 9.76. The molecule has 1 aromatic carbocycles. The summed E-state index contributed by atoms with van der Waals surface area (Å²) in [4.78, 5) is 28.8. The number of amides is 2. The molecule has 0 unspecified atom stereocenters. The Morgan fingerprint density at radius 3 is 2.56 bits per heavy atom. The number of alkyl halides is 2. The van der Waals surface area contributed by atoms with Gasteiger partial charge in [-0.25, -0.2) is 18.0 Å². The predicted molar refractivity (Wildman–Crippen MR) is 137 cm³/mol. The first-order chi connectivity index (χ1) is 18.3. The molecular weight excluding hydrogens is 516 g/mol. The second-order valence-electron chi connectivity index (χ2n) is 10.6. The molecule has 2 aliphatic rings. The number of alkyl carbamates (subject to hydrolysis) is 1. The highest BCUT2D eigenvalue weighted by Gasteiger charge is 2.43. The number of hydrogen-bond donors (Lipinski definition) is 3. The van der Waals surface area contributed by atoms with Crippen LogP contribution < -0.4 is 5.32 Å². The fourth-order valence-corrected chi connectivity index (χ4v) is 4.88. The van der Waals surface area contributed by atoms with Gasteiger partial charge in [-0.05, 0) is 63.3 Å². The highest BCUT2D eigenvalue weighted by molar-refractivity contribution is 6.43. The average Bonchev–Trinajstić information content (AvgIpc) is 3.27. The lowest BCUT2D eigenvalue weighted by molar-refractivity contribution is -0.131. The van der Waals surface area contributed by atoms with E-state index in [2.05, 4.69) is 5.32 Å². The molecule has 0 aliphatic carbocycles. The average molecular weight is 550 g/mol. The molecule has 3 N–H and O–H groups in total. The standard InChI is InChI=1S/C26H34BF3N4O5/c1-25(2,33-12-10-26(29,30)17-33)14-19(15-31)23(35)34-11-4-3-5-21(34)16-39-24(36)32-22(27(37)38)13-18-6-8-20(28)9-7-18/h6-9,14,21-22,37-38H,3-5,10-13,16-17H2,1-2H3,(H,32,36)/t21-,22+/m1/s1. The van der Waals surface area contributed by atoms with Gasteiger partial charge in [0.2, 0.25) is 0 Å². The number of carbonyl (C=O) groups is 2. The van der Waals surface area contributed by atoms with Gasteiger partial charge in [-0.3, -0.25) is 9.69 Å². The van der Waals surface area contributed by atoms with Gasteiger partial charge in [0.1, 0.15) is 24.1 Å². The van der Waals surface area contributed by atoms with Crippen molar-refractivity contribution in [1.29, 1.82) is 5.26 Å². The summed E-state index contributed by atoms with van der Waals surface area (Å²) in [5, 5.41) is 31.5. The van der Waals surface area contributed by atoms with E-state index in [1.807, 2.05) is 6.07 Å². The molecule has 9 nitrogen and oxygen atoms in total. The zero-order chi connectivity index (χ0) is 28.8. The van der Waals surface area contributed by atoms with E-state index in [0.29, 0.717) is 24.9 Å². The van der Waals surface area contributed by atoms with E-state index in [1.54, 1.807) is 13.8 Å². The zero-order valence-electron chi connectivity index (χ0n) is 22.1. The molecule has 2 saturated heterocycles. The van der Waals surface area contributed by atoms with Crippen molar-refractivity contribution in [3.8, 4) is 6.07 Å². The fraction of sp³-hybridized carbons (Fsp3) is 0.577. The number of likely N-dealkylation sites (tertiary alicyclic amines) is 2. The van der Waals surface area contributed by atoms with Crippen LogP contribution in [0.4, 0.5) is 18.0 Å². The van der Waals surface area contributed by atoms with Gasteiger partial charge in [-0.1, -0.05) is 12.1 Å². The molecule has 0 saturated carbocycles. The third-order valence-electron chi connectivity index (χ3n) is 7.16. The van der Waals surface area contributed by atoms with Crippen molar-refractivity contribution in [2.75, 3.05) is 26.2 Å². The monoisotopic (exact) mass is 550 g/mol. The summed E-state index contributed by atoms with van der Waals surface area (Å²) in [6.45, 7) is 3.18. The van der Waals surface area contributed by atoms with E-state index in [0.717, 1.165) is 6.42 Å². The predicted octanol–water partition coefficient (Wildman–Crippen LogP) is 2.43. The first-order valence-electron chi connectivity index (χ1n) is 12.9. The van der Waals surface area contributed by atoms with Crippen molar-refractivity contribution >= 4 is 19.1 Å². The molecule has 1 aromatic rings. The number of nitrogens with zero attached hydrogens (tertiary/aromatic N) is 3. The van der Waals surface area contributed by atoms with E-state index < -0.39 is 54.9 Å². The number of piperidine rings is 1. The van der Waals surface area contributed by atoms with Gasteiger partial charge in [0.05, 0.1) is 18.5 Å².